The van der Waals surface area contributed by atoms with Crippen LogP contribution in [0.25, 0.3) is 0 Å². The van der Waals surface area contributed by atoms with Gasteiger partial charge in [0.15, 0.2) is 0 Å². The van der Waals surface area contributed by atoms with E-state index in [0.717, 1.165) is 4.31 Å². The van der Waals surface area contributed by atoms with Crippen molar-refractivity contribution in [2.24, 2.45) is 0 Å². The van der Waals surface area contributed by atoms with Crippen LogP contribution in [0, 0.1) is 0 Å². The van der Waals surface area contributed by atoms with Crippen molar-refractivity contribution in [1.29, 1.82) is 0 Å². The van der Waals surface area contributed by atoms with Gasteiger partial charge in [-0.2, -0.15) is 0 Å². The molecule has 0 radical (unpaired) electrons. The number of sulfonamides is 2. The highest BCUT2D eigenvalue weighted by Gasteiger charge is 2.26. The van der Waals surface area contributed by atoms with Gasteiger partial charge in [0.2, 0.25) is 20.0 Å². The smallest absolute Gasteiger partial charge is 0.255 e. The van der Waals surface area contributed by atoms with Crippen LogP contribution < -0.4 is 14.8 Å². The number of carbonyl (C=O) groups is 1. The molecule has 1 amide bonds. The van der Waals surface area contributed by atoms with Crippen molar-refractivity contribution >= 4 is 31.6 Å². The van der Waals surface area contributed by atoms with Gasteiger partial charge in [-0.3, -0.25) is 4.79 Å². The molecule has 0 atom stereocenters. The Kier molecular flexibility index (Phi) is 7.16. The first-order valence-corrected chi connectivity index (χ1v) is 12.2. The summed E-state index contributed by atoms with van der Waals surface area (Å²) < 4.78 is 58.9. The molecule has 9 nitrogen and oxygen atoms in total. The zero-order valence-electron chi connectivity index (χ0n) is 18.3. The average Bonchev–Trinajstić information content (AvgIpc) is 2.65. The molecule has 31 heavy (non-hydrogen) atoms. The number of methoxy groups -OCH3 is 1. The SMILES string of the molecule is COc1ccc(C(=O)Nc2cccc(S(=O)(=O)N(C)C)c2)cc1S(=O)(=O)NC(C)(C)C. The van der Waals surface area contributed by atoms with Gasteiger partial charge in [-0.25, -0.2) is 25.9 Å². The van der Waals surface area contributed by atoms with Gasteiger partial charge < -0.3 is 10.1 Å². The number of hydrogen-bond donors (Lipinski definition) is 2. The fourth-order valence-corrected chi connectivity index (χ4v) is 5.20. The van der Waals surface area contributed by atoms with Crippen molar-refractivity contribution in [2.75, 3.05) is 26.5 Å². The molecule has 2 aromatic rings. The number of nitrogens with one attached hydrogen (secondary N) is 2. The molecule has 0 unspecified atom stereocenters. The average molecular weight is 470 g/mol. The van der Waals surface area contributed by atoms with Crippen molar-refractivity contribution in [3.63, 3.8) is 0 Å². The highest BCUT2D eigenvalue weighted by atomic mass is 32.2. The Morgan fingerprint density at radius 2 is 1.65 bits per heavy atom. The molecule has 0 saturated heterocycles. The topological polar surface area (TPSA) is 122 Å². The number of benzene rings is 2. The van der Waals surface area contributed by atoms with Crippen LogP contribution in [0.2, 0.25) is 0 Å². The molecule has 0 aliphatic rings. The lowest BCUT2D eigenvalue weighted by molar-refractivity contribution is 0.102. The van der Waals surface area contributed by atoms with Crippen molar-refractivity contribution in [2.45, 2.75) is 36.1 Å². The first kappa shape index (κ1) is 24.8. The van der Waals surface area contributed by atoms with E-state index in [2.05, 4.69) is 10.0 Å². The minimum atomic E-state index is -3.97. The van der Waals surface area contributed by atoms with Crippen LogP contribution in [-0.2, 0) is 20.0 Å². The second kappa shape index (κ2) is 8.95. The van der Waals surface area contributed by atoms with Crippen molar-refractivity contribution < 1.29 is 26.4 Å². The third-order valence-electron chi connectivity index (χ3n) is 4.03. The van der Waals surface area contributed by atoms with Crippen LogP contribution in [0.15, 0.2) is 52.3 Å². The van der Waals surface area contributed by atoms with E-state index in [0.29, 0.717) is 0 Å². The molecule has 11 heteroatoms. The molecule has 2 rings (SSSR count). The van der Waals surface area contributed by atoms with Crippen LogP contribution in [0.3, 0.4) is 0 Å². The monoisotopic (exact) mass is 469 g/mol. The predicted molar refractivity (Wildman–Crippen MR) is 118 cm³/mol. The molecule has 0 fully saturated rings. The van der Waals surface area contributed by atoms with Gasteiger partial charge in [0.1, 0.15) is 10.6 Å². The van der Waals surface area contributed by atoms with Gasteiger partial charge >= 0.3 is 0 Å². The standard InChI is InChI=1S/C20H27N3O6S2/c1-20(2,3)22-30(25,26)18-12-14(10-11-17(18)29-6)19(24)21-15-8-7-9-16(13-15)31(27,28)23(4)5/h7-13,22H,1-6H3,(H,21,24). The quantitative estimate of drug-likeness (QED) is 0.642. The molecule has 0 saturated carbocycles. The number of carbonyl (C=O) groups excluding carboxylic acids is 1. The normalized spacial score (nSPS) is 12.6. The van der Waals surface area contributed by atoms with E-state index in [1.807, 2.05) is 0 Å². The first-order chi connectivity index (χ1) is 14.2. The molecule has 0 aliphatic carbocycles. The van der Waals surface area contributed by atoms with E-state index >= 15 is 0 Å². The van der Waals surface area contributed by atoms with E-state index in [1.165, 1.54) is 63.7 Å². The summed E-state index contributed by atoms with van der Waals surface area (Å²) in [5.41, 5.74) is -0.419. The van der Waals surface area contributed by atoms with Gasteiger partial charge in [-0.1, -0.05) is 6.07 Å². The van der Waals surface area contributed by atoms with Crippen LogP contribution in [0.5, 0.6) is 5.75 Å². The maximum Gasteiger partial charge on any atom is 0.255 e. The van der Waals surface area contributed by atoms with Gasteiger partial charge in [0.25, 0.3) is 5.91 Å². The summed E-state index contributed by atoms with van der Waals surface area (Å²) in [6.07, 6.45) is 0. The van der Waals surface area contributed by atoms with Crippen LogP contribution in [0.1, 0.15) is 31.1 Å². The Balaban J connectivity index is 2.40. The van der Waals surface area contributed by atoms with Gasteiger partial charge in [0.05, 0.1) is 12.0 Å². The van der Waals surface area contributed by atoms with Gasteiger partial charge in [0, 0.05) is 30.9 Å². The number of ether oxygens (including phenoxy) is 1. The lowest BCUT2D eigenvalue weighted by Gasteiger charge is -2.21. The largest absolute Gasteiger partial charge is 0.495 e. The molecule has 0 aromatic heterocycles. The van der Waals surface area contributed by atoms with Crippen LogP contribution in [0.4, 0.5) is 5.69 Å². The molecule has 0 heterocycles. The Bertz CT molecular complexity index is 1180. The lowest BCUT2D eigenvalue weighted by atomic mass is 10.1. The molecule has 0 spiro atoms. The summed E-state index contributed by atoms with van der Waals surface area (Å²) in [5, 5.41) is 2.60. The Morgan fingerprint density at radius 3 is 2.19 bits per heavy atom. The minimum absolute atomic E-state index is 0.0164. The molecule has 170 valence electrons. The zero-order chi connectivity index (χ0) is 23.6. The van der Waals surface area contributed by atoms with Crippen LogP contribution in [-0.4, -0.2) is 53.8 Å². The van der Waals surface area contributed by atoms with Crippen LogP contribution >= 0.6 is 0 Å². The summed E-state index contributed by atoms with van der Waals surface area (Å²) in [4.78, 5) is 12.6. The first-order valence-electron chi connectivity index (χ1n) is 9.23. The van der Waals surface area contributed by atoms with E-state index in [9.17, 15) is 21.6 Å². The molecular weight excluding hydrogens is 442 g/mol. The van der Waals surface area contributed by atoms with Crippen molar-refractivity contribution in [3.05, 3.63) is 48.0 Å². The number of nitrogens with zero attached hydrogens (tertiary/aromatic N) is 1. The molecule has 2 aromatic carbocycles. The summed E-state index contributed by atoms with van der Waals surface area (Å²) in [5.74, 6) is -0.512. The summed E-state index contributed by atoms with van der Waals surface area (Å²) in [7, 11) is -3.49. The highest BCUT2D eigenvalue weighted by molar-refractivity contribution is 7.89. The molecule has 0 aliphatic heterocycles. The molecular formula is C20H27N3O6S2. The summed E-state index contributed by atoms with van der Waals surface area (Å²) >= 11 is 0. The number of rotatable bonds is 7. The maximum atomic E-state index is 12.8. The second-order valence-corrected chi connectivity index (χ2v) is 11.8. The Hall–Kier alpha value is -2.47. The summed E-state index contributed by atoms with van der Waals surface area (Å²) in [6, 6.07) is 9.81. The van der Waals surface area contributed by atoms with Crippen molar-refractivity contribution in [3.8, 4) is 5.75 Å². The minimum Gasteiger partial charge on any atom is -0.495 e. The Labute approximate surface area is 183 Å². The second-order valence-electron chi connectivity index (χ2n) is 7.99. The third-order valence-corrected chi connectivity index (χ3v) is 7.62. The van der Waals surface area contributed by atoms with E-state index in [4.69, 9.17) is 4.74 Å². The van der Waals surface area contributed by atoms with E-state index in [-0.39, 0.29) is 26.8 Å². The fraction of sp³-hybridized carbons (Fsp3) is 0.350. The Morgan fingerprint density at radius 1 is 1.00 bits per heavy atom. The third kappa shape index (κ3) is 6.03. The van der Waals surface area contributed by atoms with E-state index < -0.39 is 31.5 Å². The predicted octanol–water partition coefficient (Wildman–Crippen LogP) is 2.27. The molecule has 0 bridgehead atoms. The summed E-state index contributed by atoms with van der Waals surface area (Å²) in [6.45, 7) is 5.09. The fourth-order valence-electron chi connectivity index (χ4n) is 2.63. The number of amides is 1. The lowest BCUT2D eigenvalue weighted by Crippen LogP contribution is -2.40. The molecule has 2 N–H and O–H groups in total. The zero-order valence-corrected chi connectivity index (χ0v) is 19.9. The highest BCUT2D eigenvalue weighted by Crippen LogP contribution is 2.27. The van der Waals surface area contributed by atoms with Gasteiger partial charge in [-0.05, 0) is 57.2 Å². The maximum absolute atomic E-state index is 12.8. The number of hydrogen-bond acceptors (Lipinski definition) is 6. The van der Waals surface area contributed by atoms with Gasteiger partial charge in [-0.15, -0.1) is 0 Å². The van der Waals surface area contributed by atoms with E-state index in [1.54, 1.807) is 20.8 Å². The number of anilines is 1. The van der Waals surface area contributed by atoms with Crippen molar-refractivity contribution in [1.82, 2.24) is 9.03 Å².